The van der Waals surface area contributed by atoms with Gasteiger partial charge in [-0.05, 0) is 36.2 Å². The van der Waals surface area contributed by atoms with E-state index in [1.165, 1.54) is 11.6 Å². The van der Waals surface area contributed by atoms with E-state index in [1.54, 1.807) is 12.1 Å². The van der Waals surface area contributed by atoms with E-state index in [4.69, 9.17) is 0 Å². The number of nitrogens with zero attached hydrogens (tertiary/aromatic N) is 2. The lowest BCUT2D eigenvalue weighted by Gasteiger charge is -2.36. The fourth-order valence-corrected chi connectivity index (χ4v) is 2.78. The molecule has 0 aliphatic carbocycles. The molecule has 3 rings (SSSR count). The van der Waals surface area contributed by atoms with Crippen LogP contribution < -0.4 is 5.32 Å². The van der Waals surface area contributed by atoms with Crippen LogP contribution in [0.1, 0.15) is 22.9 Å². The van der Waals surface area contributed by atoms with Gasteiger partial charge in [-0.1, -0.05) is 18.2 Å². The Labute approximate surface area is 137 Å². The van der Waals surface area contributed by atoms with Crippen LogP contribution in [0.5, 0.6) is 0 Å². The zero-order chi connectivity index (χ0) is 14.7. The molecule has 0 saturated carbocycles. The first-order chi connectivity index (χ1) is 10.2. The first-order valence-electron chi connectivity index (χ1n) is 7.34. The van der Waals surface area contributed by atoms with Crippen molar-refractivity contribution in [1.29, 1.82) is 0 Å². The van der Waals surface area contributed by atoms with Crippen molar-refractivity contribution in [3.8, 4) is 0 Å². The molecule has 1 fully saturated rings. The van der Waals surface area contributed by atoms with Crippen molar-refractivity contribution in [1.82, 2.24) is 15.2 Å². The third-order valence-corrected chi connectivity index (χ3v) is 3.93. The van der Waals surface area contributed by atoms with Crippen LogP contribution >= 0.6 is 12.4 Å². The number of hydrogen-bond donors (Lipinski definition) is 1. The van der Waals surface area contributed by atoms with Gasteiger partial charge in [-0.25, -0.2) is 4.39 Å². The van der Waals surface area contributed by atoms with Crippen LogP contribution in [-0.2, 0) is 6.54 Å². The maximum Gasteiger partial charge on any atom is 0.123 e. The molecule has 2 heterocycles. The fourth-order valence-electron chi connectivity index (χ4n) is 2.78. The van der Waals surface area contributed by atoms with Crippen LogP contribution in [0.4, 0.5) is 4.39 Å². The summed E-state index contributed by atoms with van der Waals surface area (Å²) in [5, 5.41) is 3.39. The van der Waals surface area contributed by atoms with Crippen LogP contribution in [0, 0.1) is 12.7 Å². The number of aryl methyl sites for hydroxylation is 1. The summed E-state index contributed by atoms with van der Waals surface area (Å²) in [4.78, 5) is 6.85. The highest BCUT2D eigenvalue weighted by molar-refractivity contribution is 5.85. The zero-order valence-electron chi connectivity index (χ0n) is 12.6. The Morgan fingerprint density at radius 3 is 2.91 bits per heavy atom. The summed E-state index contributed by atoms with van der Waals surface area (Å²) in [6.07, 6.45) is 1.90. The van der Waals surface area contributed by atoms with Gasteiger partial charge < -0.3 is 5.32 Å². The molecule has 0 amide bonds. The minimum absolute atomic E-state index is 0. The minimum Gasteiger partial charge on any atom is -0.314 e. The highest BCUT2D eigenvalue weighted by Crippen LogP contribution is 2.24. The van der Waals surface area contributed by atoms with Gasteiger partial charge in [0.05, 0.1) is 5.69 Å². The van der Waals surface area contributed by atoms with Gasteiger partial charge in [0, 0.05) is 38.4 Å². The molecule has 0 radical (unpaired) electrons. The van der Waals surface area contributed by atoms with E-state index in [1.807, 2.05) is 19.2 Å². The maximum atomic E-state index is 13.5. The molecule has 1 aliphatic rings. The number of benzene rings is 1. The summed E-state index contributed by atoms with van der Waals surface area (Å²) >= 11 is 0. The highest BCUT2D eigenvalue weighted by Gasteiger charge is 2.24. The molecule has 3 nitrogen and oxygen atoms in total. The Bertz CT molecular complexity index is 603. The number of hydrogen-bond acceptors (Lipinski definition) is 3. The van der Waals surface area contributed by atoms with Crippen molar-refractivity contribution < 1.29 is 4.39 Å². The summed E-state index contributed by atoms with van der Waals surface area (Å²) in [5.74, 6) is -0.175. The molecule has 118 valence electrons. The molecule has 22 heavy (non-hydrogen) atoms. The number of rotatable bonds is 3. The average Bonchev–Trinajstić information content (AvgIpc) is 2.50. The first-order valence-corrected chi connectivity index (χ1v) is 7.34. The molecule has 1 aromatic carbocycles. The average molecular weight is 322 g/mol. The van der Waals surface area contributed by atoms with Gasteiger partial charge in [0.15, 0.2) is 0 Å². The quantitative estimate of drug-likeness (QED) is 0.941. The van der Waals surface area contributed by atoms with Gasteiger partial charge in [-0.15, -0.1) is 12.4 Å². The lowest BCUT2D eigenvalue weighted by Crippen LogP contribution is -2.45. The first kappa shape index (κ1) is 16.9. The van der Waals surface area contributed by atoms with Crippen molar-refractivity contribution in [2.24, 2.45) is 0 Å². The van der Waals surface area contributed by atoms with Gasteiger partial charge in [0.1, 0.15) is 5.82 Å². The topological polar surface area (TPSA) is 28.2 Å². The Hall–Kier alpha value is -1.49. The Balaban J connectivity index is 0.00000176. The van der Waals surface area contributed by atoms with Gasteiger partial charge >= 0.3 is 0 Å². The smallest absolute Gasteiger partial charge is 0.123 e. The Kier molecular flexibility index (Phi) is 5.89. The summed E-state index contributed by atoms with van der Waals surface area (Å²) in [6, 6.07) is 11.2. The molecule has 1 unspecified atom stereocenters. The van der Waals surface area contributed by atoms with E-state index in [2.05, 4.69) is 27.3 Å². The zero-order valence-corrected chi connectivity index (χ0v) is 13.4. The largest absolute Gasteiger partial charge is 0.314 e. The Morgan fingerprint density at radius 2 is 2.18 bits per heavy atom. The predicted octanol–water partition coefficient (Wildman–Crippen LogP) is 3.10. The molecular weight excluding hydrogens is 301 g/mol. The van der Waals surface area contributed by atoms with E-state index < -0.39 is 0 Å². The molecule has 1 atom stereocenters. The lowest BCUT2D eigenvalue weighted by atomic mass is 10.0. The van der Waals surface area contributed by atoms with Crippen molar-refractivity contribution >= 4 is 12.4 Å². The van der Waals surface area contributed by atoms with Gasteiger partial charge in [-0.3, -0.25) is 9.88 Å². The fraction of sp³-hybridized carbons (Fsp3) is 0.353. The van der Waals surface area contributed by atoms with Crippen LogP contribution in [-0.4, -0.2) is 29.5 Å². The monoisotopic (exact) mass is 321 g/mol. The molecular formula is C17H21ClFN3. The maximum absolute atomic E-state index is 13.5. The van der Waals surface area contributed by atoms with Crippen LogP contribution in [0.25, 0.3) is 0 Å². The normalized spacial score (nSPS) is 18.7. The lowest BCUT2D eigenvalue weighted by molar-refractivity contribution is 0.151. The minimum atomic E-state index is -0.175. The summed E-state index contributed by atoms with van der Waals surface area (Å²) < 4.78 is 13.5. The van der Waals surface area contributed by atoms with Crippen molar-refractivity contribution in [2.75, 3.05) is 19.6 Å². The van der Waals surface area contributed by atoms with Crippen LogP contribution in [0.15, 0.2) is 42.6 Å². The Morgan fingerprint density at radius 1 is 1.32 bits per heavy atom. The molecule has 1 saturated heterocycles. The third kappa shape index (κ3) is 4.03. The SMILES string of the molecule is Cc1ccc(CN2CCNCC2c2cccc(F)c2)nc1.Cl. The number of halogens is 2. The van der Waals surface area contributed by atoms with E-state index in [9.17, 15) is 4.39 Å². The molecule has 1 N–H and O–H groups in total. The molecule has 2 aromatic rings. The van der Waals surface area contributed by atoms with Crippen LogP contribution in [0.2, 0.25) is 0 Å². The van der Waals surface area contributed by atoms with Gasteiger partial charge in [-0.2, -0.15) is 0 Å². The number of nitrogens with one attached hydrogen (secondary N) is 1. The van der Waals surface area contributed by atoms with Crippen LogP contribution in [0.3, 0.4) is 0 Å². The van der Waals surface area contributed by atoms with E-state index in [0.717, 1.165) is 37.4 Å². The molecule has 5 heteroatoms. The number of pyridine rings is 1. The second kappa shape index (κ2) is 7.68. The predicted molar refractivity (Wildman–Crippen MR) is 88.6 cm³/mol. The standard InChI is InChI=1S/C17H20FN3.ClH/c1-13-5-6-16(20-10-13)12-21-8-7-19-11-17(21)14-3-2-4-15(18)9-14;/h2-6,9-10,17,19H,7-8,11-12H2,1H3;1H. The summed E-state index contributed by atoms with van der Waals surface area (Å²) in [7, 11) is 0. The van der Waals surface area contributed by atoms with Crippen molar-refractivity contribution in [2.45, 2.75) is 19.5 Å². The van der Waals surface area contributed by atoms with E-state index >= 15 is 0 Å². The molecule has 1 aliphatic heterocycles. The molecule has 0 spiro atoms. The molecule has 1 aromatic heterocycles. The van der Waals surface area contributed by atoms with Gasteiger partial charge in [0.25, 0.3) is 0 Å². The highest BCUT2D eigenvalue weighted by atomic mass is 35.5. The third-order valence-electron chi connectivity index (χ3n) is 3.93. The summed E-state index contributed by atoms with van der Waals surface area (Å²) in [6.45, 7) is 5.57. The van der Waals surface area contributed by atoms with E-state index in [-0.39, 0.29) is 24.3 Å². The second-order valence-electron chi connectivity index (χ2n) is 5.57. The summed E-state index contributed by atoms with van der Waals surface area (Å²) in [5.41, 5.74) is 3.25. The number of aromatic nitrogens is 1. The van der Waals surface area contributed by atoms with Crippen molar-refractivity contribution in [3.63, 3.8) is 0 Å². The van der Waals surface area contributed by atoms with E-state index in [0.29, 0.717) is 0 Å². The number of piperazine rings is 1. The van der Waals surface area contributed by atoms with Crippen molar-refractivity contribution in [3.05, 3.63) is 65.2 Å². The van der Waals surface area contributed by atoms with Gasteiger partial charge in [0.2, 0.25) is 0 Å². The second-order valence-corrected chi connectivity index (χ2v) is 5.57. The molecule has 0 bridgehead atoms.